The van der Waals surface area contributed by atoms with Crippen LogP contribution in [0.4, 0.5) is 0 Å². The minimum absolute atomic E-state index is 0.0182. The zero-order valence-electron chi connectivity index (χ0n) is 14.5. The van der Waals surface area contributed by atoms with E-state index in [1.54, 1.807) is 0 Å². The molecule has 1 atom stereocenters. The number of aromatic amines is 1. The van der Waals surface area contributed by atoms with Gasteiger partial charge in [-0.2, -0.15) is 5.10 Å². The van der Waals surface area contributed by atoms with Gasteiger partial charge < -0.3 is 9.47 Å². The number of aryl methyl sites for hydroxylation is 1. The van der Waals surface area contributed by atoms with Crippen LogP contribution in [0.15, 0.2) is 48.5 Å². The lowest BCUT2D eigenvalue weighted by Gasteiger charge is -2.23. The second kappa shape index (κ2) is 5.69. The van der Waals surface area contributed by atoms with Crippen molar-refractivity contribution in [1.82, 2.24) is 24.6 Å². The number of aromatic nitrogens is 4. The van der Waals surface area contributed by atoms with E-state index in [4.69, 9.17) is 4.98 Å². The fourth-order valence-electron chi connectivity index (χ4n) is 4.00. The number of rotatable bonds is 2. The molecule has 0 radical (unpaired) electrons. The highest BCUT2D eigenvalue weighted by atomic mass is 16.2. The van der Waals surface area contributed by atoms with Crippen molar-refractivity contribution in [2.75, 3.05) is 6.54 Å². The zero-order chi connectivity index (χ0) is 17.7. The highest BCUT2D eigenvalue weighted by molar-refractivity contribution is 6.04. The Hall–Kier alpha value is -3.15. The van der Waals surface area contributed by atoms with Gasteiger partial charge in [-0.1, -0.05) is 30.3 Å². The van der Waals surface area contributed by atoms with Crippen LogP contribution in [0.2, 0.25) is 0 Å². The smallest absolute Gasteiger partial charge is 0.275 e. The second-order valence-corrected chi connectivity index (χ2v) is 6.79. The van der Waals surface area contributed by atoms with E-state index >= 15 is 0 Å². The fourth-order valence-corrected chi connectivity index (χ4v) is 4.00. The molecule has 1 fully saturated rings. The molecule has 1 aliphatic rings. The zero-order valence-corrected chi connectivity index (χ0v) is 14.5. The van der Waals surface area contributed by atoms with Crippen molar-refractivity contribution in [2.45, 2.75) is 18.9 Å². The molecule has 6 heteroatoms. The minimum atomic E-state index is -0.0305. The van der Waals surface area contributed by atoms with Gasteiger partial charge >= 0.3 is 0 Å². The number of likely N-dealkylation sites (tertiary alicyclic amines) is 1. The number of amides is 1. The summed E-state index contributed by atoms with van der Waals surface area (Å²) >= 11 is 0. The molecule has 0 spiro atoms. The minimum Gasteiger partial charge on any atom is -0.329 e. The molecule has 1 N–H and O–H groups in total. The molecule has 5 rings (SSSR count). The first-order chi connectivity index (χ1) is 12.7. The maximum Gasteiger partial charge on any atom is 0.275 e. The van der Waals surface area contributed by atoms with Crippen molar-refractivity contribution in [3.05, 3.63) is 60.0 Å². The summed E-state index contributed by atoms with van der Waals surface area (Å²) in [4.78, 5) is 20.0. The number of nitrogens with one attached hydrogen (secondary N) is 1. The van der Waals surface area contributed by atoms with Gasteiger partial charge in [0.1, 0.15) is 5.82 Å². The molecule has 1 amide bonds. The molecule has 130 valence electrons. The summed E-state index contributed by atoms with van der Waals surface area (Å²) < 4.78 is 2.11. The van der Waals surface area contributed by atoms with Crippen LogP contribution in [0.3, 0.4) is 0 Å². The highest BCUT2D eigenvalue weighted by Crippen LogP contribution is 2.34. The van der Waals surface area contributed by atoms with Gasteiger partial charge in [-0.3, -0.25) is 9.89 Å². The second-order valence-electron chi connectivity index (χ2n) is 6.79. The van der Waals surface area contributed by atoms with Crippen molar-refractivity contribution < 1.29 is 4.79 Å². The van der Waals surface area contributed by atoms with Crippen molar-refractivity contribution in [3.63, 3.8) is 0 Å². The Labute approximate surface area is 150 Å². The third-order valence-electron chi connectivity index (χ3n) is 5.31. The Kier molecular flexibility index (Phi) is 3.31. The summed E-state index contributed by atoms with van der Waals surface area (Å²) in [5.74, 6) is 0.911. The number of H-pyrrole nitrogens is 1. The fraction of sp³-hybridized carbons (Fsp3) is 0.250. The third kappa shape index (κ3) is 2.15. The summed E-state index contributed by atoms with van der Waals surface area (Å²) in [5.41, 5.74) is 3.43. The van der Waals surface area contributed by atoms with Gasteiger partial charge in [0.2, 0.25) is 0 Å². The predicted molar refractivity (Wildman–Crippen MR) is 99.8 cm³/mol. The van der Waals surface area contributed by atoms with E-state index in [0.29, 0.717) is 5.69 Å². The van der Waals surface area contributed by atoms with Crippen LogP contribution in [0.5, 0.6) is 0 Å². The van der Waals surface area contributed by atoms with E-state index in [1.165, 1.54) is 0 Å². The van der Waals surface area contributed by atoms with E-state index in [0.717, 1.165) is 47.1 Å². The van der Waals surface area contributed by atoms with Gasteiger partial charge in [-0.05, 0) is 31.0 Å². The Morgan fingerprint density at radius 3 is 2.85 bits per heavy atom. The van der Waals surface area contributed by atoms with Gasteiger partial charge in [-0.25, -0.2) is 4.98 Å². The summed E-state index contributed by atoms with van der Waals surface area (Å²) in [6.45, 7) is 0.730. The van der Waals surface area contributed by atoms with Crippen molar-refractivity contribution in [2.24, 2.45) is 7.05 Å². The predicted octanol–water partition coefficient (Wildman–Crippen LogP) is 3.43. The van der Waals surface area contributed by atoms with Crippen molar-refractivity contribution in [1.29, 1.82) is 0 Å². The Balaban J connectivity index is 1.56. The van der Waals surface area contributed by atoms with Crippen LogP contribution in [-0.2, 0) is 7.05 Å². The van der Waals surface area contributed by atoms with Crippen molar-refractivity contribution >= 4 is 27.8 Å². The number of hydrogen-bond acceptors (Lipinski definition) is 3. The number of benzene rings is 2. The van der Waals surface area contributed by atoms with Crippen LogP contribution in [-0.4, -0.2) is 37.1 Å². The van der Waals surface area contributed by atoms with Gasteiger partial charge in [0.05, 0.1) is 22.6 Å². The summed E-state index contributed by atoms with van der Waals surface area (Å²) in [6, 6.07) is 15.8. The number of carbonyl (C=O) groups is 1. The molecule has 0 saturated carbocycles. The number of imidazole rings is 1. The van der Waals surface area contributed by atoms with Crippen LogP contribution in [0.25, 0.3) is 21.9 Å². The first-order valence-electron chi connectivity index (χ1n) is 8.89. The number of para-hydroxylation sites is 3. The monoisotopic (exact) mass is 345 g/mol. The first-order valence-corrected chi connectivity index (χ1v) is 8.89. The number of fused-ring (bicyclic) bond motifs is 2. The molecular formula is C20H19N5O. The normalized spacial score (nSPS) is 17.4. The molecule has 0 unspecified atom stereocenters. The lowest BCUT2D eigenvalue weighted by molar-refractivity contribution is 0.0724. The van der Waals surface area contributed by atoms with Gasteiger partial charge in [-0.15, -0.1) is 0 Å². The van der Waals surface area contributed by atoms with Crippen LogP contribution >= 0.6 is 0 Å². The number of carbonyl (C=O) groups excluding carboxylic acids is 1. The molecule has 0 bridgehead atoms. The Bertz CT molecular complexity index is 1130. The van der Waals surface area contributed by atoms with Crippen molar-refractivity contribution in [3.8, 4) is 0 Å². The van der Waals surface area contributed by atoms with Crippen LogP contribution in [0.1, 0.15) is 35.2 Å². The van der Waals surface area contributed by atoms with E-state index in [-0.39, 0.29) is 11.9 Å². The summed E-state index contributed by atoms with van der Waals surface area (Å²) in [7, 11) is 2.02. The Morgan fingerprint density at radius 1 is 1.15 bits per heavy atom. The molecule has 0 aliphatic carbocycles. The van der Waals surface area contributed by atoms with E-state index < -0.39 is 0 Å². The quantitative estimate of drug-likeness (QED) is 0.605. The molecular weight excluding hydrogens is 326 g/mol. The number of hydrogen-bond donors (Lipinski definition) is 1. The lowest BCUT2D eigenvalue weighted by Crippen LogP contribution is -2.32. The average molecular weight is 345 g/mol. The molecule has 26 heavy (non-hydrogen) atoms. The van der Waals surface area contributed by atoms with E-state index in [1.807, 2.05) is 54.4 Å². The SMILES string of the molecule is Cn1c([C@H]2CCCN2C(=O)c2n[nH]c3ccccc23)nc2ccccc21. The standard InChI is InChI=1S/C20H19N5O/c1-24-16-10-5-4-9-15(16)21-19(24)17-11-6-12-25(17)20(26)18-13-7-2-3-8-14(13)22-23-18/h2-5,7-10,17H,6,11-12H2,1H3,(H,22,23)/t17-/m1/s1. The first kappa shape index (κ1) is 15.1. The van der Waals surface area contributed by atoms with Gasteiger partial charge in [0, 0.05) is 19.0 Å². The average Bonchev–Trinajstić information content (AvgIpc) is 3.38. The maximum atomic E-state index is 13.2. The molecule has 3 heterocycles. The van der Waals surface area contributed by atoms with Gasteiger partial charge in [0.25, 0.3) is 5.91 Å². The Morgan fingerprint density at radius 2 is 1.96 bits per heavy atom. The van der Waals surface area contributed by atoms with E-state index in [2.05, 4.69) is 20.8 Å². The maximum absolute atomic E-state index is 13.2. The molecule has 2 aromatic heterocycles. The van der Waals surface area contributed by atoms with Crippen LogP contribution < -0.4 is 0 Å². The third-order valence-corrected chi connectivity index (χ3v) is 5.31. The highest BCUT2D eigenvalue weighted by Gasteiger charge is 2.35. The number of nitrogens with zero attached hydrogens (tertiary/aromatic N) is 4. The van der Waals surface area contributed by atoms with Gasteiger partial charge in [0.15, 0.2) is 5.69 Å². The topological polar surface area (TPSA) is 66.8 Å². The molecule has 1 saturated heterocycles. The van der Waals surface area contributed by atoms with Crippen LogP contribution in [0, 0.1) is 0 Å². The summed E-state index contributed by atoms with van der Waals surface area (Å²) in [5, 5.41) is 8.12. The van der Waals surface area contributed by atoms with E-state index in [9.17, 15) is 4.79 Å². The summed E-state index contributed by atoms with van der Waals surface area (Å²) in [6.07, 6.45) is 1.90. The lowest BCUT2D eigenvalue weighted by atomic mass is 10.1. The largest absolute Gasteiger partial charge is 0.329 e. The molecule has 2 aromatic carbocycles. The molecule has 1 aliphatic heterocycles. The molecule has 4 aromatic rings. The molecule has 6 nitrogen and oxygen atoms in total.